The Balaban J connectivity index is 1.15. The van der Waals surface area contributed by atoms with Gasteiger partial charge in [-0.25, -0.2) is 9.97 Å². The average molecular weight is 460 g/mol. The molecule has 5 heterocycles. The van der Waals surface area contributed by atoms with Gasteiger partial charge in [-0.05, 0) is 49.4 Å². The number of carbonyl (C=O) groups excluding carboxylic acids is 1. The molecule has 5 aromatic rings. The van der Waals surface area contributed by atoms with Gasteiger partial charge in [-0.2, -0.15) is 5.10 Å². The van der Waals surface area contributed by atoms with Crippen molar-refractivity contribution in [3.05, 3.63) is 88.6 Å². The molecule has 0 bridgehead atoms. The highest BCUT2D eigenvalue weighted by atomic mass is 35.5. The van der Waals surface area contributed by atoms with E-state index in [1.807, 2.05) is 16.7 Å². The van der Waals surface area contributed by atoms with Crippen LogP contribution in [0.15, 0.2) is 55.4 Å². The van der Waals surface area contributed by atoms with Crippen molar-refractivity contribution in [2.75, 3.05) is 0 Å². The molecule has 0 spiro atoms. The van der Waals surface area contributed by atoms with Crippen molar-refractivity contribution in [1.82, 2.24) is 33.9 Å². The number of aromatic nitrogens is 6. The predicted molar refractivity (Wildman–Crippen MR) is 125 cm³/mol. The molecule has 0 atom stereocenters. The number of amides is 1. The Morgan fingerprint density at radius 2 is 2.12 bits per heavy atom. The molecule has 8 nitrogen and oxygen atoms in total. The van der Waals surface area contributed by atoms with Crippen molar-refractivity contribution in [2.45, 2.75) is 38.8 Å². The molecule has 1 fully saturated rings. The van der Waals surface area contributed by atoms with Crippen LogP contribution in [0.2, 0.25) is 5.02 Å². The van der Waals surface area contributed by atoms with Crippen LogP contribution in [0.4, 0.5) is 0 Å². The summed E-state index contributed by atoms with van der Waals surface area (Å²) in [6.45, 7) is 2.95. The first-order chi connectivity index (χ1) is 16.0. The Kier molecular flexibility index (Phi) is 4.69. The minimum absolute atomic E-state index is 0.204. The van der Waals surface area contributed by atoms with Gasteiger partial charge in [0.05, 0.1) is 48.1 Å². The van der Waals surface area contributed by atoms with E-state index in [0.717, 1.165) is 22.6 Å². The van der Waals surface area contributed by atoms with Gasteiger partial charge in [0.2, 0.25) is 0 Å². The number of hydrogen-bond donors (Lipinski definition) is 1. The van der Waals surface area contributed by atoms with Gasteiger partial charge in [0.1, 0.15) is 5.65 Å². The zero-order chi connectivity index (χ0) is 22.5. The largest absolute Gasteiger partial charge is 0.346 e. The van der Waals surface area contributed by atoms with Crippen LogP contribution in [0, 0.1) is 6.92 Å². The molecule has 166 valence electrons. The number of nitrogens with zero attached hydrogens (tertiary/aromatic N) is 6. The Morgan fingerprint density at radius 3 is 2.97 bits per heavy atom. The molecule has 1 amide bonds. The van der Waals surface area contributed by atoms with Gasteiger partial charge in [-0.3, -0.25) is 9.48 Å². The van der Waals surface area contributed by atoms with Crippen molar-refractivity contribution >= 4 is 28.7 Å². The third kappa shape index (κ3) is 3.76. The lowest BCUT2D eigenvalue weighted by molar-refractivity contribution is 0.0950. The van der Waals surface area contributed by atoms with Crippen molar-refractivity contribution < 1.29 is 4.79 Å². The number of fused-ring (bicyclic) bond motifs is 2. The molecule has 0 saturated heterocycles. The molecule has 0 radical (unpaired) electrons. The standard InChI is InChI=1S/C24H22ClN7O/c1-15-20(16-2-3-16)4-5-23-29-19(13-32(15)23)12-31-11-17(9-28-31)24(33)26-10-21-22-8-18(25)6-7-30(22)14-27-21/h4-9,11,13-14,16H,2-3,10,12H2,1H3,(H,26,33). The molecule has 0 unspecified atom stereocenters. The highest BCUT2D eigenvalue weighted by Crippen LogP contribution is 2.41. The van der Waals surface area contributed by atoms with Gasteiger partial charge in [0.25, 0.3) is 5.91 Å². The summed E-state index contributed by atoms with van der Waals surface area (Å²) in [4.78, 5) is 21.8. The third-order valence-corrected chi connectivity index (χ3v) is 6.44. The normalized spacial score (nSPS) is 13.8. The minimum Gasteiger partial charge on any atom is -0.346 e. The topological polar surface area (TPSA) is 81.5 Å². The predicted octanol–water partition coefficient (Wildman–Crippen LogP) is 4.00. The van der Waals surface area contributed by atoms with E-state index in [1.165, 1.54) is 24.1 Å². The summed E-state index contributed by atoms with van der Waals surface area (Å²) in [5.41, 5.74) is 6.62. The lowest BCUT2D eigenvalue weighted by Crippen LogP contribution is -2.22. The minimum atomic E-state index is -0.204. The number of nitrogens with one attached hydrogen (secondary N) is 1. The summed E-state index contributed by atoms with van der Waals surface area (Å²) in [5.74, 6) is 0.494. The maximum Gasteiger partial charge on any atom is 0.254 e. The second-order valence-corrected chi connectivity index (χ2v) is 8.98. The van der Waals surface area contributed by atoms with Gasteiger partial charge in [0.15, 0.2) is 0 Å². The summed E-state index contributed by atoms with van der Waals surface area (Å²) in [5, 5.41) is 7.90. The number of imidazole rings is 2. The highest BCUT2D eigenvalue weighted by molar-refractivity contribution is 6.30. The molecule has 1 aliphatic carbocycles. The maximum atomic E-state index is 12.7. The number of aryl methyl sites for hydroxylation is 1. The lowest BCUT2D eigenvalue weighted by atomic mass is 10.1. The molecule has 33 heavy (non-hydrogen) atoms. The van der Waals surface area contributed by atoms with Crippen molar-refractivity contribution in [3.8, 4) is 0 Å². The summed E-state index contributed by atoms with van der Waals surface area (Å²) >= 11 is 6.09. The van der Waals surface area contributed by atoms with E-state index in [4.69, 9.17) is 16.6 Å². The average Bonchev–Trinajstić information content (AvgIpc) is 3.20. The molecule has 1 saturated carbocycles. The van der Waals surface area contributed by atoms with E-state index in [-0.39, 0.29) is 5.91 Å². The van der Waals surface area contributed by atoms with Gasteiger partial charge in [0, 0.05) is 29.3 Å². The van der Waals surface area contributed by atoms with E-state index in [0.29, 0.717) is 29.6 Å². The van der Waals surface area contributed by atoms with Crippen LogP contribution in [-0.4, -0.2) is 34.5 Å². The molecule has 1 N–H and O–H groups in total. The van der Waals surface area contributed by atoms with E-state index in [1.54, 1.807) is 29.5 Å². The zero-order valence-corrected chi connectivity index (χ0v) is 18.8. The van der Waals surface area contributed by atoms with E-state index in [2.05, 4.69) is 45.1 Å². The fourth-order valence-corrected chi connectivity index (χ4v) is 4.47. The molecule has 6 rings (SSSR count). The summed E-state index contributed by atoms with van der Waals surface area (Å²) < 4.78 is 5.76. The van der Waals surface area contributed by atoms with Crippen LogP contribution >= 0.6 is 11.6 Å². The van der Waals surface area contributed by atoms with Crippen LogP contribution in [0.3, 0.4) is 0 Å². The lowest BCUT2D eigenvalue weighted by Gasteiger charge is -2.06. The Hall–Kier alpha value is -3.65. The van der Waals surface area contributed by atoms with Gasteiger partial charge < -0.3 is 14.1 Å². The first-order valence-corrected chi connectivity index (χ1v) is 11.3. The molecular weight excluding hydrogens is 438 g/mol. The number of hydrogen-bond acceptors (Lipinski definition) is 4. The Morgan fingerprint density at radius 1 is 1.24 bits per heavy atom. The van der Waals surface area contributed by atoms with E-state index in [9.17, 15) is 4.79 Å². The Bertz CT molecular complexity index is 1510. The Labute approximate surface area is 194 Å². The van der Waals surface area contributed by atoms with Crippen LogP contribution in [-0.2, 0) is 13.1 Å². The van der Waals surface area contributed by atoms with Gasteiger partial charge in [-0.15, -0.1) is 0 Å². The number of halogens is 1. The van der Waals surface area contributed by atoms with Crippen LogP contribution < -0.4 is 5.32 Å². The van der Waals surface area contributed by atoms with Crippen LogP contribution in [0.5, 0.6) is 0 Å². The van der Waals surface area contributed by atoms with Gasteiger partial charge >= 0.3 is 0 Å². The van der Waals surface area contributed by atoms with Crippen molar-refractivity contribution in [3.63, 3.8) is 0 Å². The van der Waals surface area contributed by atoms with E-state index < -0.39 is 0 Å². The number of pyridine rings is 2. The number of carbonyl (C=O) groups is 1. The molecular formula is C24H22ClN7O. The second-order valence-electron chi connectivity index (χ2n) is 8.55. The molecule has 9 heteroatoms. The maximum absolute atomic E-state index is 12.7. The summed E-state index contributed by atoms with van der Waals surface area (Å²) in [7, 11) is 0. The number of rotatable bonds is 6. The zero-order valence-electron chi connectivity index (χ0n) is 18.1. The van der Waals surface area contributed by atoms with E-state index >= 15 is 0 Å². The van der Waals surface area contributed by atoms with Crippen molar-refractivity contribution in [1.29, 1.82) is 0 Å². The quantitative estimate of drug-likeness (QED) is 0.416. The fraction of sp³-hybridized carbons (Fsp3) is 0.250. The first-order valence-electron chi connectivity index (χ1n) is 10.9. The molecule has 0 aliphatic heterocycles. The smallest absolute Gasteiger partial charge is 0.254 e. The monoisotopic (exact) mass is 459 g/mol. The fourth-order valence-electron chi connectivity index (χ4n) is 4.31. The molecule has 5 aromatic heterocycles. The molecule has 1 aliphatic rings. The second kappa shape index (κ2) is 7.74. The van der Waals surface area contributed by atoms with Crippen molar-refractivity contribution in [2.24, 2.45) is 0 Å². The van der Waals surface area contributed by atoms with Crippen LogP contribution in [0.1, 0.15) is 51.8 Å². The SMILES string of the molecule is Cc1c(C2CC2)ccc2nc(Cn3cc(C(=O)NCc4ncn5ccc(Cl)cc45)cn3)cn12. The van der Waals surface area contributed by atoms with Gasteiger partial charge in [-0.1, -0.05) is 17.7 Å². The first kappa shape index (κ1) is 20.0. The summed E-state index contributed by atoms with van der Waals surface area (Å²) in [6.07, 6.45) is 11.5. The molecule has 0 aromatic carbocycles. The van der Waals surface area contributed by atoms with Crippen LogP contribution in [0.25, 0.3) is 11.2 Å². The summed E-state index contributed by atoms with van der Waals surface area (Å²) in [6, 6.07) is 7.91. The highest BCUT2D eigenvalue weighted by Gasteiger charge is 2.26. The third-order valence-electron chi connectivity index (χ3n) is 6.21.